The molecule has 0 aliphatic carbocycles. The molecule has 1 N–H and O–H groups in total. The summed E-state index contributed by atoms with van der Waals surface area (Å²) in [4.78, 5) is 15.0. The number of carbonyl (C=O) groups excluding carboxylic acids is 1. The van der Waals surface area contributed by atoms with Crippen molar-refractivity contribution in [1.82, 2.24) is 5.32 Å². The van der Waals surface area contributed by atoms with Crippen LogP contribution in [0.1, 0.15) is 48.5 Å². The first-order valence-corrected chi connectivity index (χ1v) is 12.8. The van der Waals surface area contributed by atoms with Gasteiger partial charge in [-0.3, -0.25) is 9.10 Å². The highest BCUT2D eigenvalue weighted by atomic mass is 32.2. The standard InChI is InChI=1S/C24H31N3O3S/c1-19-5-4-14-26(18-19)22-10-6-20(7-11-22)17-25-24(28)21-8-12-23(13-9-21)27-15-2-3-16-31(27,29)30/h6-13,19H,2-5,14-18H2,1H3,(H,25,28)/t19-/m0/s1. The molecule has 4 rings (SSSR count). The number of hydrogen-bond donors (Lipinski definition) is 1. The highest BCUT2D eigenvalue weighted by molar-refractivity contribution is 7.92. The quantitative estimate of drug-likeness (QED) is 0.767. The van der Waals surface area contributed by atoms with E-state index in [0.29, 0.717) is 30.8 Å². The molecule has 2 heterocycles. The fourth-order valence-corrected chi connectivity index (χ4v) is 6.03. The minimum atomic E-state index is -3.24. The van der Waals surface area contributed by atoms with Gasteiger partial charge in [0.2, 0.25) is 10.0 Å². The van der Waals surface area contributed by atoms with E-state index in [0.717, 1.165) is 31.0 Å². The molecular weight excluding hydrogens is 410 g/mol. The predicted molar refractivity (Wildman–Crippen MR) is 125 cm³/mol. The maximum atomic E-state index is 12.5. The lowest BCUT2D eigenvalue weighted by molar-refractivity contribution is 0.0951. The molecule has 2 aliphatic rings. The molecule has 2 aromatic rings. The van der Waals surface area contributed by atoms with Crippen molar-refractivity contribution in [3.05, 3.63) is 59.7 Å². The van der Waals surface area contributed by atoms with Gasteiger partial charge in [-0.25, -0.2) is 8.42 Å². The summed E-state index contributed by atoms with van der Waals surface area (Å²) in [6.07, 6.45) is 4.10. The van der Waals surface area contributed by atoms with Gasteiger partial charge in [-0.15, -0.1) is 0 Å². The number of rotatable bonds is 5. The molecule has 6 nitrogen and oxygen atoms in total. The second-order valence-electron chi connectivity index (χ2n) is 8.68. The van der Waals surface area contributed by atoms with Gasteiger partial charge >= 0.3 is 0 Å². The molecule has 0 saturated carbocycles. The lowest BCUT2D eigenvalue weighted by Gasteiger charge is -2.32. The van der Waals surface area contributed by atoms with Crippen LogP contribution >= 0.6 is 0 Å². The third-order valence-electron chi connectivity index (χ3n) is 6.18. The van der Waals surface area contributed by atoms with Crippen LogP contribution in [0.25, 0.3) is 0 Å². The van der Waals surface area contributed by atoms with Gasteiger partial charge in [0, 0.05) is 37.4 Å². The molecule has 0 spiro atoms. The van der Waals surface area contributed by atoms with Crippen molar-refractivity contribution in [2.45, 2.75) is 39.2 Å². The highest BCUT2D eigenvalue weighted by Gasteiger charge is 2.26. The first-order chi connectivity index (χ1) is 14.9. The summed E-state index contributed by atoms with van der Waals surface area (Å²) in [7, 11) is -3.24. The van der Waals surface area contributed by atoms with Crippen molar-refractivity contribution in [2.75, 3.05) is 34.6 Å². The number of sulfonamides is 1. The molecule has 2 aliphatic heterocycles. The molecule has 2 saturated heterocycles. The first kappa shape index (κ1) is 21.7. The van der Waals surface area contributed by atoms with Gasteiger partial charge in [0.25, 0.3) is 5.91 Å². The number of hydrogen-bond acceptors (Lipinski definition) is 4. The Morgan fingerprint density at radius 1 is 0.968 bits per heavy atom. The van der Waals surface area contributed by atoms with Crippen LogP contribution in [0.5, 0.6) is 0 Å². The van der Waals surface area contributed by atoms with Crippen molar-refractivity contribution in [1.29, 1.82) is 0 Å². The zero-order valence-corrected chi connectivity index (χ0v) is 18.9. The largest absolute Gasteiger partial charge is 0.371 e. The molecule has 0 bridgehead atoms. The van der Waals surface area contributed by atoms with E-state index in [9.17, 15) is 13.2 Å². The molecule has 166 valence electrons. The van der Waals surface area contributed by atoms with Gasteiger partial charge in [0.05, 0.1) is 11.4 Å². The second kappa shape index (κ2) is 9.30. The summed E-state index contributed by atoms with van der Waals surface area (Å²) < 4.78 is 25.9. The van der Waals surface area contributed by atoms with Gasteiger partial charge in [-0.05, 0) is 73.6 Å². The Bertz CT molecular complexity index is 1000. The SMILES string of the molecule is C[C@H]1CCCN(c2ccc(CNC(=O)c3ccc(N4CCCCS4(=O)=O)cc3)cc2)C1. The van der Waals surface area contributed by atoms with E-state index in [1.807, 2.05) is 0 Å². The van der Waals surface area contributed by atoms with Crippen LogP contribution in [0.3, 0.4) is 0 Å². The molecule has 2 fully saturated rings. The zero-order valence-electron chi connectivity index (χ0n) is 18.1. The number of anilines is 2. The van der Waals surface area contributed by atoms with Crippen LogP contribution in [0.4, 0.5) is 11.4 Å². The van der Waals surface area contributed by atoms with E-state index in [1.165, 1.54) is 22.8 Å². The molecule has 7 heteroatoms. The van der Waals surface area contributed by atoms with Crippen LogP contribution in [-0.2, 0) is 16.6 Å². The molecule has 31 heavy (non-hydrogen) atoms. The lowest BCUT2D eigenvalue weighted by atomic mass is 9.99. The van der Waals surface area contributed by atoms with Crippen molar-refractivity contribution >= 4 is 27.3 Å². The molecule has 1 atom stereocenters. The van der Waals surface area contributed by atoms with E-state index in [1.54, 1.807) is 24.3 Å². The van der Waals surface area contributed by atoms with E-state index in [4.69, 9.17) is 0 Å². The van der Waals surface area contributed by atoms with Gasteiger partial charge < -0.3 is 10.2 Å². The van der Waals surface area contributed by atoms with E-state index in [2.05, 4.69) is 41.4 Å². The van der Waals surface area contributed by atoms with Gasteiger partial charge in [-0.1, -0.05) is 19.1 Å². The Hall–Kier alpha value is -2.54. The third-order valence-corrected chi connectivity index (χ3v) is 8.05. The van der Waals surface area contributed by atoms with E-state index in [-0.39, 0.29) is 11.7 Å². The number of piperidine rings is 1. The van der Waals surface area contributed by atoms with Crippen molar-refractivity contribution in [3.8, 4) is 0 Å². The average Bonchev–Trinajstić information content (AvgIpc) is 2.78. The Kier molecular flexibility index (Phi) is 6.51. The summed E-state index contributed by atoms with van der Waals surface area (Å²) in [6.45, 7) is 5.46. The highest BCUT2D eigenvalue weighted by Crippen LogP contribution is 2.25. The summed E-state index contributed by atoms with van der Waals surface area (Å²) in [5.74, 6) is 0.751. The molecule has 0 unspecified atom stereocenters. The fourth-order valence-electron chi connectivity index (χ4n) is 4.39. The Balaban J connectivity index is 1.33. The van der Waals surface area contributed by atoms with Crippen LogP contribution in [0.15, 0.2) is 48.5 Å². The fraction of sp³-hybridized carbons (Fsp3) is 0.458. The van der Waals surface area contributed by atoms with Crippen LogP contribution in [0.2, 0.25) is 0 Å². The number of amides is 1. The van der Waals surface area contributed by atoms with Crippen LogP contribution < -0.4 is 14.5 Å². The maximum absolute atomic E-state index is 12.5. The topological polar surface area (TPSA) is 69.7 Å². The molecule has 1 amide bonds. The molecular formula is C24H31N3O3S. The van der Waals surface area contributed by atoms with Crippen molar-refractivity contribution in [2.24, 2.45) is 5.92 Å². The Labute approximate surface area is 185 Å². The van der Waals surface area contributed by atoms with Crippen molar-refractivity contribution < 1.29 is 13.2 Å². The lowest BCUT2D eigenvalue weighted by Crippen LogP contribution is -2.37. The van der Waals surface area contributed by atoms with Crippen molar-refractivity contribution in [3.63, 3.8) is 0 Å². The van der Waals surface area contributed by atoms with E-state index < -0.39 is 10.0 Å². The smallest absolute Gasteiger partial charge is 0.251 e. The predicted octanol–water partition coefficient (Wildman–Crippen LogP) is 3.78. The number of benzene rings is 2. The van der Waals surface area contributed by atoms with Gasteiger partial charge in [0.15, 0.2) is 0 Å². The second-order valence-corrected chi connectivity index (χ2v) is 10.7. The Morgan fingerprint density at radius 2 is 1.68 bits per heavy atom. The average molecular weight is 442 g/mol. The number of nitrogens with zero attached hydrogens (tertiary/aromatic N) is 2. The summed E-state index contributed by atoms with van der Waals surface area (Å²) in [5.41, 5.74) is 3.44. The molecule has 0 radical (unpaired) electrons. The number of carbonyl (C=O) groups is 1. The molecule has 2 aromatic carbocycles. The number of nitrogens with one attached hydrogen (secondary N) is 1. The van der Waals surface area contributed by atoms with E-state index >= 15 is 0 Å². The summed E-state index contributed by atoms with van der Waals surface area (Å²) in [5, 5.41) is 2.95. The Morgan fingerprint density at radius 3 is 2.35 bits per heavy atom. The van der Waals surface area contributed by atoms with Gasteiger partial charge in [0.1, 0.15) is 0 Å². The van der Waals surface area contributed by atoms with Crippen LogP contribution in [-0.4, -0.2) is 39.7 Å². The maximum Gasteiger partial charge on any atom is 0.251 e. The molecule has 0 aromatic heterocycles. The first-order valence-electron chi connectivity index (χ1n) is 11.1. The van der Waals surface area contributed by atoms with Crippen LogP contribution in [0, 0.1) is 5.92 Å². The van der Waals surface area contributed by atoms with Gasteiger partial charge in [-0.2, -0.15) is 0 Å². The monoisotopic (exact) mass is 441 g/mol. The summed E-state index contributed by atoms with van der Waals surface area (Å²) in [6, 6.07) is 15.2. The zero-order chi connectivity index (χ0) is 21.8. The minimum Gasteiger partial charge on any atom is -0.371 e. The summed E-state index contributed by atoms with van der Waals surface area (Å²) >= 11 is 0. The normalized spacial score (nSPS) is 21.0. The minimum absolute atomic E-state index is 0.165. The third kappa shape index (κ3) is 5.21.